The number of anilines is 2. The molecule has 4 nitrogen and oxygen atoms in total. The number of hydrogen-bond donors (Lipinski definition) is 0. The number of para-hydroxylation sites is 1. The van der Waals surface area contributed by atoms with E-state index in [1.165, 1.54) is 0 Å². The van der Waals surface area contributed by atoms with Gasteiger partial charge in [0.05, 0.1) is 5.92 Å². The van der Waals surface area contributed by atoms with Gasteiger partial charge in [-0.05, 0) is 36.4 Å². The Morgan fingerprint density at radius 1 is 1.13 bits per heavy atom. The average molecular weight is 329 g/mol. The van der Waals surface area contributed by atoms with Gasteiger partial charge in [-0.3, -0.25) is 9.59 Å². The zero-order chi connectivity index (χ0) is 16.4. The molecule has 1 fully saturated rings. The summed E-state index contributed by atoms with van der Waals surface area (Å²) >= 11 is 5.88. The molecule has 0 bridgehead atoms. The van der Waals surface area contributed by atoms with Crippen LogP contribution in [-0.4, -0.2) is 25.4 Å². The second-order valence-electron chi connectivity index (χ2n) is 5.61. The first kappa shape index (κ1) is 15.6. The standard InChI is InChI=1S/C18H17ClN2O2/c1-20(15-5-3-2-4-6-15)18(23)13-11-17(22)21(12-13)16-9-7-14(19)8-10-16/h2-10,13H,11-12H2,1H3/t13-/m1/s1. The molecule has 2 aromatic carbocycles. The van der Waals surface area contributed by atoms with Gasteiger partial charge in [-0.15, -0.1) is 0 Å². The van der Waals surface area contributed by atoms with Crippen molar-refractivity contribution in [1.29, 1.82) is 0 Å². The van der Waals surface area contributed by atoms with Gasteiger partial charge in [0.1, 0.15) is 0 Å². The van der Waals surface area contributed by atoms with Gasteiger partial charge in [-0.25, -0.2) is 0 Å². The van der Waals surface area contributed by atoms with Crippen molar-refractivity contribution in [3.8, 4) is 0 Å². The van der Waals surface area contributed by atoms with Crippen LogP contribution < -0.4 is 9.80 Å². The maximum absolute atomic E-state index is 12.6. The first-order chi connectivity index (χ1) is 11.1. The largest absolute Gasteiger partial charge is 0.315 e. The van der Waals surface area contributed by atoms with Crippen LogP contribution in [0.25, 0.3) is 0 Å². The minimum Gasteiger partial charge on any atom is -0.315 e. The Hall–Kier alpha value is -2.33. The van der Waals surface area contributed by atoms with Crippen LogP contribution in [0.15, 0.2) is 54.6 Å². The van der Waals surface area contributed by atoms with Gasteiger partial charge in [-0.1, -0.05) is 29.8 Å². The van der Waals surface area contributed by atoms with E-state index in [0.717, 1.165) is 11.4 Å². The van der Waals surface area contributed by atoms with Crippen LogP contribution in [0.2, 0.25) is 5.02 Å². The number of carbonyl (C=O) groups excluding carboxylic acids is 2. The Labute approximate surface area is 140 Å². The third kappa shape index (κ3) is 3.22. The van der Waals surface area contributed by atoms with E-state index in [9.17, 15) is 9.59 Å². The van der Waals surface area contributed by atoms with E-state index in [-0.39, 0.29) is 24.2 Å². The van der Waals surface area contributed by atoms with E-state index in [1.54, 1.807) is 41.1 Å². The number of benzene rings is 2. The maximum Gasteiger partial charge on any atom is 0.232 e. The lowest BCUT2D eigenvalue weighted by atomic mass is 10.1. The summed E-state index contributed by atoms with van der Waals surface area (Å²) in [6.07, 6.45) is 0.235. The van der Waals surface area contributed by atoms with E-state index in [1.807, 2.05) is 30.3 Å². The number of halogens is 1. The molecule has 1 aliphatic rings. The molecule has 2 amide bonds. The minimum absolute atomic E-state index is 0.0351. The number of carbonyl (C=O) groups is 2. The van der Waals surface area contributed by atoms with Gasteiger partial charge in [0.25, 0.3) is 0 Å². The summed E-state index contributed by atoms with van der Waals surface area (Å²) in [6.45, 7) is 0.399. The molecule has 23 heavy (non-hydrogen) atoms. The molecule has 1 atom stereocenters. The van der Waals surface area contributed by atoms with Gasteiger partial charge in [0.2, 0.25) is 11.8 Å². The first-order valence-corrected chi connectivity index (χ1v) is 7.82. The average Bonchev–Trinajstić information content (AvgIpc) is 2.97. The molecular weight excluding hydrogens is 312 g/mol. The lowest BCUT2D eigenvalue weighted by Crippen LogP contribution is -2.34. The number of nitrogens with zero attached hydrogens (tertiary/aromatic N) is 2. The Kier molecular flexibility index (Phi) is 4.35. The van der Waals surface area contributed by atoms with Crippen LogP contribution in [0.1, 0.15) is 6.42 Å². The predicted molar refractivity (Wildman–Crippen MR) is 91.8 cm³/mol. The zero-order valence-corrected chi connectivity index (χ0v) is 13.5. The van der Waals surface area contributed by atoms with Gasteiger partial charge in [-0.2, -0.15) is 0 Å². The minimum atomic E-state index is -0.330. The molecule has 0 aromatic heterocycles. The highest BCUT2D eigenvalue weighted by molar-refractivity contribution is 6.30. The third-order valence-corrected chi connectivity index (χ3v) is 4.34. The summed E-state index contributed by atoms with van der Waals surface area (Å²) in [7, 11) is 1.74. The zero-order valence-electron chi connectivity index (χ0n) is 12.8. The van der Waals surface area contributed by atoms with E-state index < -0.39 is 0 Å². The predicted octanol–water partition coefficient (Wildman–Crippen LogP) is 3.36. The van der Waals surface area contributed by atoms with Crippen LogP contribution in [0.3, 0.4) is 0 Å². The molecule has 0 aliphatic carbocycles. The summed E-state index contributed by atoms with van der Waals surface area (Å²) < 4.78 is 0. The molecule has 0 saturated carbocycles. The topological polar surface area (TPSA) is 40.6 Å². The molecule has 1 heterocycles. The SMILES string of the molecule is CN(C(=O)[C@@H]1CC(=O)N(c2ccc(Cl)cc2)C1)c1ccccc1. The molecule has 0 N–H and O–H groups in total. The van der Waals surface area contributed by atoms with Crippen LogP contribution in [0.4, 0.5) is 11.4 Å². The smallest absolute Gasteiger partial charge is 0.232 e. The van der Waals surface area contributed by atoms with Crippen LogP contribution in [-0.2, 0) is 9.59 Å². The highest BCUT2D eigenvalue weighted by Crippen LogP contribution is 2.28. The Bertz CT molecular complexity index is 716. The van der Waals surface area contributed by atoms with E-state index >= 15 is 0 Å². The van der Waals surface area contributed by atoms with Crippen molar-refractivity contribution >= 4 is 34.8 Å². The molecule has 5 heteroatoms. The van der Waals surface area contributed by atoms with Crippen molar-refractivity contribution in [3.63, 3.8) is 0 Å². The maximum atomic E-state index is 12.6. The molecule has 0 spiro atoms. The summed E-state index contributed by atoms with van der Waals surface area (Å²) in [4.78, 5) is 28.2. The molecule has 3 rings (SSSR count). The molecular formula is C18H17ClN2O2. The van der Waals surface area contributed by atoms with Gasteiger partial charge < -0.3 is 9.80 Å². The van der Waals surface area contributed by atoms with Gasteiger partial charge in [0.15, 0.2) is 0 Å². The second kappa shape index (κ2) is 6.42. The van der Waals surface area contributed by atoms with Crippen LogP contribution >= 0.6 is 11.6 Å². The first-order valence-electron chi connectivity index (χ1n) is 7.45. The fourth-order valence-corrected chi connectivity index (χ4v) is 2.92. The Morgan fingerprint density at radius 2 is 1.78 bits per heavy atom. The van der Waals surface area contributed by atoms with Crippen LogP contribution in [0, 0.1) is 5.92 Å². The van der Waals surface area contributed by atoms with Crippen LogP contribution in [0.5, 0.6) is 0 Å². The molecule has 1 saturated heterocycles. The van der Waals surface area contributed by atoms with E-state index in [4.69, 9.17) is 11.6 Å². The van der Waals surface area contributed by atoms with Crippen molar-refractivity contribution in [2.24, 2.45) is 5.92 Å². The van der Waals surface area contributed by atoms with Crippen molar-refractivity contribution in [2.75, 3.05) is 23.4 Å². The van der Waals surface area contributed by atoms with Gasteiger partial charge in [0, 0.05) is 36.4 Å². The molecule has 118 valence electrons. The lowest BCUT2D eigenvalue weighted by molar-refractivity contribution is -0.124. The molecule has 0 unspecified atom stereocenters. The third-order valence-electron chi connectivity index (χ3n) is 4.09. The Balaban J connectivity index is 1.74. The fraction of sp³-hybridized carbons (Fsp3) is 0.222. The summed E-state index contributed by atoms with van der Waals surface area (Å²) in [5.74, 6) is -0.406. The number of amides is 2. The van der Waals surface area contributed by atoms with E-state index in [0.29, 0.717) is 11.6 Å². The van der Waals surface area contributed by atoms with Crippen molar-refractivity contribution in [1.82, 2.24) is 0 Å². The lowest BCUT2D eigenvalue weighted by Gasteiger charge is -2.21. The van der Waals surface area contributed by atoms with E-state index in [2.05, 4.69) is 0 Å². The van der Waals surface area contributed by atoms with Gasteiger partial charge >= 0.3 is 0 Å². The number of hydrogen-bond acceptors (Lipinski definition) is 2. The normalized spacial score (nSPS) is 17.4. The highest BCUT2D eigenvalue weighted by Gasteiger charge is 2.36. The Morgan fingerprint density at radius 3 is 2.43 bits per heavy atom. The number of rotatable bonds is 3. The summed E-state index contributed by atoms with van der Waals surface area (Å²) in [5, 5.41) is 0.622. The fourth-order valence-electron chi connectivity index (χ4n) is 2.80. The molecule has 0 radical (unpaired) electrons. The molecule has 1 aliphatic heterocycles. The monoisotopic (exact) mass is 328 g/mol. The molecule has 2 aromatic rings. The summed E-state index contributed by atoms with van der Waals surface area (Å²) in [5.41, 5.74) is 1.60. The van der Waals surface area contributed by atoms with Crippen molar-refractivity contribution in [3.05, 3.63) is 59.6 Å². The van der Waals surface area contributed by atoms with Crippen molar-refractivity contribution in [2.45, 2.75) is 6.42 Å². The highest BCUT2D eigenvalue weighted by atomic mass is 35.5. The quantitative estimate of drug-likeness (QED) is 0.867. The van der Waals surface area contributed by atoms with Crippen molar-refractivity contribution < 1.29 is 9.59 Å². The second-order valence-corrected chi connectivity index (χ2v) is 6.05. The summed E-state index contributed by atoms with van der Waals surface area (Å²) in [6, 6.07) is 16.5.